The van der Waals surface area contributed by atoms with Crippen LogP contribution in [0.25, 0.3) is 0 Å². The van der Waals surface area contributed by atoms with E-state index >= 15 is 0 Å². The molecule has 0 saturated heterocycles. The largest absolute Gasteiger partial charge is 0.398 e. The molecule has 0 atom stereocenters. The number of carbonyl (C=O) groups excluding carboxylic acids is 3. The molecule has 0 saturated carbocycles. The number of amides is 1. The zero-order chi connectivity index (χ0) is 19.4. The van der Waals surface area contributed by atoms with Crippen molar-refractivity contribution in [2.45, 2.75) is 19.3 Å². The van der Waals surface area contributed by atoms with E-state index in [1.165, 1.54) is 21.8 Å². The predicted molar refractivity (Wildman–Crippen MR) is 108 cm³/mol. The lowest BCUT2D eigenvalue weighted by Crippen LogP contribution is -2.25. The number of thiophene rings is 1. The molecule has 0 bridgehead atoms. The van der Waals surface area contributed by atoms with Crippen molar-refractivity contribution >= 4 is 40.2 Å². The maximum atomic E-state index is 13.1. The average molecular weight is 388 g/mol. The fourth-order valence-corrected chi connectivity index (χ4v) is 5.13. The van der Waals surface area contributed by atoms with Crippen LogP contribution < -0.4 is 11.1 Å². The second-order valence-corrected chi connectivity index (χ2v) is 8.16. The van der Waals surface area contributed by atoms with Crippen LogP contribution in [0.2, 0.25) is 0 Å². The molecule has 6 heteroatoms. The summed E-state index contributed by atoms with van der Waals surface area (Å²) in [6.07, 6.45) is 3.14. The standard InChI is InChI=1S/C22H16N2O3S/c23-14-8-9-15(24-22(27)17-10-11-4-3-7-16(11)28-17)19-18(14)20(25)12-5-1-2-6-13(12)21(19)26/h1-2,5-6,8-10H,3-4,7,23H2,(H,24,27). The minimum Gasteiger partial charge on any atom is -0.398 e. The molecule has 2 aliphatic carbocycles. The van der Waals surface area contributed by atoms with Crippen molar-refractivity contribution in [1.29, 1.82) is 0 Å². The molecule has 0 spiro atoms. The van der Waals surface area contributed by atoms with Gasteiger partial charge in [-0.2, -0.15) is 0 Å². The molecule has 3 N–H and O–H groups in total. The van der Waals surface area contributed by atoms with Gasteiger partial charge in [0.15, 0.2) is 11.6 Å². The van der Waals surface area contributed by atoms with Crippen molar-refractivity contribution < 1.29 is 14.4 Å². The average Bonchev–Trinajstić information content (AvgIpc) is 3.29. The molecule has 2 aromatic carbocycles. The van der Waals surface area contributed by atoms with E-state index in [4.69, 9.17) is 5.73 Å². The molecule has 2 aliphatic rings. The lowest BCUT2D eigenvalue weighted by atomic mass is 9.82. The van der Waals surface area contributed by atoms with Crippen LogP contribution in [0.1, 0.15) is 58.4 Å². The minimum atomic E-state index is -0.304. The van der Waals surface area contributed by atoms with Gasteiger partial charge in [0.25, 0.3) is 5.91 Å². The maximum absolute atomic E-state index is 13.1. The Kier molecular flexibility index (Phi) is 3.70. The van der Waals surface area contributed by atoms with Crippen LogP contribution in [0.5, 0.6) is 0 Å². The Bertz CT molecular complexity index is 1170. The summed E-state index contributed by atoms with van der Waals surface area (Å²) < 4.78 is 0. The molecule has 0 aliphatic heterocycles. The number of aryl methyl sites for hydroxylation is 2. The molecule has 5 rings (SSSR count). The van der Waals surface area contributed by atoms with Crippen molar-refractivity contribution in [3.8, 4) is 0 Å². The van der Waals surface area contributed by atoms with Gasteiger partial charge in [0.2, 0.25) is 0 Å². The lowest BCUT2D eigenvalue weighted by molar-refractivity contribution is 0.0979. The fraction of sp³-hybridized carbons (Fsp3) is 0.136. The van der Waals surface area contributed by atoms with Crippen LogP contribution in [0.4, 0.5) is 11.4 Å². The third-order valence-electron chi connectivity index (χ3n) is 5.33. The number of hydrogen-bond acceptors (Lipinski definition) is 5. The van der Waals surface area contributed by atoms with E-state index in [2.05, 4.69) is 5.32 Å². The van der Waals surface area contributed by atoms with Gasteiger partial charge < -0.3 is 11.1 Å². The highest BCUT2D eigenvalue weighted by molar-refractivity contribution is 7.14. The SMILES string of the molecule is Nc1ccc(NC(=O)c2cc3c(s2)CCC3)c2c1C(=O)c1ccccc1C2=O. The van der Waals surface area contributed by atoms with E-state index in [9.17, 15) is 14.4 Å². The second-order valence-electron chi connectivity index (χ2n) is 7.02. The Morgan fingerprint density at radius 3 is 2.39 bits per heavy atom. The van der Waals surface area contributed by atoms with Gasteiger partial charge in [0, 0.05) is 21.7 Å². The van der Waals surface area contributed by atoms with Crippen molar-refractivity contribution in [3.05, 3.63) is 80.0 Å². The van der Waals surface area contributed by atoms with E-state index in [-0.39, 0.29) is 34.3 Å². The summed E-state index contributed by atoms with van der Waals surface area (Å²) in [5, 5.41) is 2.83. The number of hydrogen-bond donors (Lipinski definition) is 2. The van der Waals surface area contributed by atoms with E-state index in [1.54, 1.807) is 36.4 Å². The van der Waals surface area contributed by atoms with Crippen LogP contribution in [0.15, 0.2) is 42.5 Å². The van der Waals surface area contributed by atoms with Gasteiger partial charge in [-0.3, -0.25) is 14.4 Å². The van der Waals surface area contributed by atoms with Crippen molar-refractivity contribution in [2.24, 2.45) is 0 Å². The summed E-state index contributed by atoms with van der Waals surface area (Å²) in [6.45, 7) is 0. The highest BCUT2D eigenvalue weighted by Crippen LogP contribution is 2.36. The van der Waals surface area contributed by atoms with Crippen molar-refractivity contribution in [3.63, 3.8) is 0 Å². The Labute approximate surface area is 165 Å². The number of nitrogens with two attached hydrogens (primary N) is 1. The van der Waals surface area contributed by atoms with Gasteiger partial charge in [0.05, 0.1) is 21.7 Å². The van der Waals surface area contributed by atoms with Crippen LogP contribution in [-0.4, -0.2) is 17.5 Å². The topological polar surface area (TPSA) is 89.3 Å². The first-order chi connectivity index (χ1) is 13.5. The summed E-state index contributed by atoms with van der Waals surface area (Å²) in [5.74, 6) is -0.874. The molecular weight excluding hydrogens is 372 g/mol. The number of benzene rings is 2. The van der Waals surface area contributed by atoms with Gasteiger partial charge >= 0.3 is 0 Å². The number of nitrogen functional groups attached to an aromatic ring is 1. The van der Waals surface area contributed by atoms with E-state index < -0.39 is 0 Å². The van der Waals surface area contributed by atoms with Crippen LogP contribution in [0.3, 0.4) is 0 Å². The first-order valence-electron chi connectivity index (χ1n) is 9.08. The maximum Gasteiger partial charge on any atom is 0.265 e. The van der Waals surface area contributed by atoms with E-state index in [0.29, 0.717) is 21.7 Å². The molecule has 0 fully saturated rings. The Morgan fingerprint density at radius 1 is 0.964 bits per heavy atom. The molecule has 0 unspecified atom stereocenters. The molecule has 138 valence electrons. The second kappa shape index (κ2) is 6.14. The van der Waals surface area contributed by atoms with Crippen molar-refractivity contribution in [1.82, 2.24) is 0 Å². The monoisotopic (exact) mass is 388 g/mol. The molecule has 28 heavy (non-hydrogen) atoms. The number of fused-ring (bicyclic) bond motifs is 3. The van der Waals surface area contributed by atoms with Gasteiger partial charge in [-0.15, -0.1) is 11.3 Å². The quantitative estimate of drug-likeness (QED) is 0.511. The van der Waals surface area contributed by atoms with Crippen LogP contribution >= 0.6 is 11.3 Å². The molecule has 1 heterocycles. The van der Waals surface area contributed by atoms with Crippen LogP contribution in [0, 0.1) is 0 Å². The number of ketones is 2. The number of carbonyl (C=O) groups is 3. The minimum absolute atomic E-state index is 0.162. The van der Waals surface area contributed by atoms with Gasteiger partial charge in [-0.05, 0) is 43.0 Å². The van der Waals surface area contributed by atoms with Gasteiger partial charge in [-0.1, -0.05) is 24.3 Å². The summed E-state index contributed by atoms with van der Waals surface area (Å²) >= 11 is 1.49. The number of nitrogens with one attached hydrogen (secondary N) is 1. The lowest BCUT2D eigenvalue weighted by Gasteiger charge is -2.21. The van der Waals surface area contributed by atoms with E-state index in [0.717, 1.165) is 19.3 Å². The third kappa shape index (κ3) is 2.42. The summed E-state index contributed by atoms with van der Waals surface area (Å²) in [5.41, 5.74) is 8.80. The highest BCUT2D eigenvalue weighted by atomic mass is 32.1. The molecule has 5 nitrogen and oxygen atoms in total. The number of anilines is 2. The van der Waals surface area contributed by atoms with Gasteiger partial charge in [-0.25, -0.2) is 0 Å². The first-order valence-corrected chi connectivity index (χ1v) is 9.90. The normalized spacial score (nSPS) is 14.4. The number of rotatable bonds is 2. The predicted octanol–water partition coefficient (Wildman–Crippen LogP) is 3.85. The van der Waals surface area contributed by atoms with Gasteiger partial charge in [0.1, 0.15) is 0 Å². The summed E-state index contributed by atoms with van der Waals surface area (Å²) in [4.78, 5) is 40.7. The Morgan fingerprint density at radius 2 is 1.68 bits per heavy atom. The Balaban J connectivity index is 1.57. The van der Waals surface area contributed by atoms with Crippen LogP contribution in [-0.2, 0) is 12.8 Å². The zero-order valence-corrected chi connectivity index (χ0v) is 15.7. The zero-order valence-electron chi connectivity index (χ0n) is 14.9. The Hall–Kier alpha value is -3.25. The molecular formula is C22H16N2O3S. The van der Waals surface area contributed by atoms with Crippen molar-refractivity contribution in [2.75, 3.05) is 11.1 Å². The summed E-state index contributed by atoms with van der Waals surface area (Å²) in [6, 6.07) is 11.7. The van der Waals surface area contributed by atoms with E-state index in [1.807, 2.05) is 6.07 Å². The molecule has 1 amide bonds. The summed E-state index contributed by atoms with van der Waals surface area (Å²) in [7, 11) is 0. The molecule has 0 radical (unpaired) electrons. The smallest absolute Gasteiger partial charge is 0.265 e. The highest BCUT2D eigenvalue weighted by Gasteiger charge is 2.33. The molecule has 3 aromatic rings. The fourth-order valence-electron chi connectivity index (χ4n) is 3.98. The first kappa shape index (κ1) is 16.9. The molecule has 1 aromatic heterocycles. The third-order valence-corrected chi connectivity index (χ3v) is 6.56.